The highest BCUT2D eigenvalue weighted by atomic mass is 16.5. The van der Waals surface area contributed by atoms with E-state index in [1.165, 1.54) is 12.8 Å². The smallest absolute Gasteiger partial charge is 0.0585 e. The van der Waals surface area contributed by atoms with E-state index in [-0.39, 0.29) is 12.6 Å². The van der Waals surface area contributed by atoms with Gasteiger partial charge in [0.05, 0.1) is 6.61 Å². The monoisotopic (exact) mass is 201 g/mol. The first-order chi connectivity index (χ1) is 6.72. The zero-order chi connectivity index (χ0) is 10.4. The van der Waals surface area contributed by atoms with Crippen molar-refractivity contribution in [3.63, 3.8) is 0 Å². The summed E-state index contributed by atoms with van der Waals surface area (Å²) in [7, 11) is 0. The predicted molar refractivity (Wildman–Crippen MR) is 57.3 cm³/mol. The minimum Gasteiger partial charge on any atom is -0.395 e. The molecule has 1 aliphatic rings. The van der Waals surface area contributed by atoms with Crippen molar-refractivity contribution in [2.24, 2.45) is 5.92 Å². The summed E-state index contributed by atoms with van der Waals surface area (Å²) >= 11 is 0. The van der Waals surface area contributed by atoms with Gasteiger partial charge in [-0.3, -0.25) is 0 Å². The Morgan fingerprint density at radius 3 is 2.64 bits per heavy atom. The molecule has 1 aliphatic carbocycles. The van der Waals surface area contributed by atoms with Crippen LogP contribution in [0.4, 0.5) is 0 Å². The van der Waals surface area contributed by atoms with Crippen LogP contribution in [-0.2, 0) is 4.74 Å². The van der Waals surface area contributed by atoms with E-state index < -0.39 is 0 Å². The lowest BCUT2D eigenvalue weighted by molar-refractivity contribution is 0.0938. The third-order valence-corrected chi connectivity index (χ3v) is 2.33. The van der Waals surface area contributed by atoms with Gasteiger partial charge in [-0.2, -0.15) is 0 Å². The van der Waals surface area contributed by atoms with Crippen LogP contribution in [0, 0.1) is 5.92 Å². The first-order valence-electron chi connectivity index (χ1n) is 5.67. The normalized spacial score (nSPS) is 18.9. The Morgan fingerprint density at radius 1 is 1.43 bits per heavy atom. The molecule has 0 amide bonds. The number of hydrogen-bond donors (Lipinski definition) is 2. The van der Waals surface area contributed by atoms with Crippen LogP contribution < -0.4 is 5.32 Å². The van der Waals surface area contributed by atoms with Crippen molar-refractivity contribution in [1.82, 2.24) is 5.32 Å². The molecule has 0 aliphatic heterocycles. The maximum absolute atomic E-state index is 9.09. The molecule has 1 rings (SSSR count). The van der Waals surface area contributed by atoms with Gasteiger partial charge in [0.25, 0.3) is 0 Å². The van der Waals surface area contributed by atoms with Crippen molar-refractivity contribution in [3.8, 4) is 0 Å². The molecule has 0 saturated heterocycles. The fourth-order valence-corrected chi connectivity index (χ4v) is 1.36. The molecular weight excluding hydrogens is 178 g/mol. The second kappa shape index (κ2) is 6.38. The highest BCUT2D eigenvalue weighted by Crippen LogP contribution is 2.19. The molecule has 14 heavy (non-hydrogen) atoms. The number of rotatable bonds is 8. The zero-order valence-corrected chi connectivity index (χ0v) is 9.33. The summed E-state index contributed by atoms with van der Waals surface area (Å²) in [4.78, 5) is 0. The van der Waals surface area contributed by atoms with Gasteiger partial charge < -0.3 is 15.2 Å². The number of aliphatic hydroxyl groups excluding tert-OH is 1. The minimum absolute atomic E-state index is 0.224. The molecule has 0 heterocycles. The third-order valence-electron chi connectivity index (χ3n) is 2.33. The Bertz CT molecular complexity index is 146. The molecule has 0 aromatic carbocycles. The van der Waals surface area contributed by atoms with Crippen LogP contribution in [0.15, 0.2) is 0 Å². The van der Waals surface area contributed by atoms with Crippen molar-refractivity contribution in [2.45, 2.75) is 45.2 Å². The lowest BCUT2D eigenvalue weighted by Gasteiger charge is -2.16. The molecule has 0 radical (unpaired) electrons. The summed E-state index contributed by atoms with van der Waals surface area (Å²) in [6.07, 6.45) is 3.45. The molecule has 1 unspecified atom stereocenters. The van der Waals surface area contributed by atoms with Gasteiger partial charge in [0.15, 0.2) is 0 Å². The second-order valence-corrected chi connectivity index (χ2v) is 4.58. The number of aliphatic hydroxyl groups is 1. The summed E-state index contributed by atoms with van der Waals surface area (Å²) in [6.45, 7) is 6.09. The van der Waals surface area contributed by atoms with Gasteiger partial charge in [0.2, 0.25) is 0 Å². The van der Waals surface area contributed by atoms with E-state index in [9.17, 15) is 0 Å². The fourth-order valence-electron chi connectivity index (χ4n) is 1.36. The largest absolute Gasteiger partial charge is 0.395 e. The highest BCUT2D eigenvalue weighted by Gasteiger charge is 2.23. The Labute approximate surface area is 86.8 Å². The molecule has 3 heteroatoms. The molecule has 1 fully saturated rings. The molecule has 0 spiro atoms. The van der Waals surface area contributed by atoms with Crippen molar-refractivity contribution in [3.05, 3.63) is 0 Å². The average molecular weight is 201 g/mol. The molecule has 0 aromatic heterocycles. The molecule has 84 valence electrons. The summed E-state index contributed by atoms with van der Waals surface area (Å²) in [5.74, 6) is 0.596. The number of nitrogens with one attached hydrogen (secondary N) is 1. The topological polar surface area (TPSA) is 41.5 Å². The van der Waals surface area contributed by atoms with Crippen LogP contribution in [0.1, 0.15) is 33.1 Å². The summed E-state index contributed by atoms with van der Waals surface area (Å²) in [5, 5.41) is 12.5. The van der Waals surface area contributed by atoms with E-state index in [0.717, 1.165) is 19.6 Å². The molecule has 1 saturated carbocycles. The van der Waals surface area contributed by atoms with Crippen LogP contribution in [-0.4, -0.2) is 37.0 Å². The van der Waals surface area contributed by atoms with Crippen LogP contribution in [0.2, 0.25) is 0 Å². The summed E-state index contributed by atoms with van der Waals surface area (Å²) in [5.41, 5.74) is 0. The van der Waals surface area contributed by atoms with E-state index in [1.54, 1.807) is 0 Å². The maximum Gasteiger partial charge on any atom is 0.0585 e. The van der Waals surface area contributed by atoms with Crippen LogP contribution in [0.5, 0.6) is 0 Å². The van der Waals surface area contributed by atoms with Gasteiger partial charge >= 0.3 is 0 Å². The first-order valence-corrected chi connectivity index (χ1v) is 5.67. The zero-order valence-electron chi connectivity index (χ0n) is 9.33. The Balaban J connectivity index is 1.96. The number of hydrogen-bond acceptors (Lipinski definition) is 3. The second-order valence-electron chi connectivity index (χ2n) is 4.58. The Morgan fingerprint density at radius 2 is 2.14 bits per heavy atom. The SMILES string of the molecule is CC(C)COCCC(CO)NC1CC1. The Kier molecular flexibility index (Phi) is 5.45. The summed E-state index contributed by atoms with van der Waals surface area (Å²) in [6, 6.07) is 0.895. The van der Waals surface area contributed by atoms with E-state index >= 15 is 0 Å². The third kappa shape index (κ3) is 5.58. The molecular formula is C11H23NO2. The van der Waals surface area contributed by atoms with Crippen molar-refractivity contribution in [1.29, 1.82) is 0 Å². The van der Waals surface area contributed by atoms with Gasteiger partial charge in [-0.15, -0.1) is 0 Å². The summed E-state index contributed by atoms with van der Waals surface area (Å²) < 4.78 is 5.48. The highest BCUT2D eigenvalue weighted by molar-refractivity contribution is 4.84. The van der Waals surface area contributed by atoms with Crippen LogP contribution in [0.25, 0.3) is 0 Å². The average Bonchev–Trinajstić information content (AvgIpc) is 2.93. The Hall–Kier alpha value is -0.120. The molecule has 2 N–H and O–H groups in total. The van der Waals surface area contributed by atoms with Gasteiger partial charge in [0.1, 0.15) is 0 Å². The fraction of sp³-hybridized carbons (Fsp3) is 1.00. The van der Waals surface area contributed by atoms with Crippen LogP contribution >= 0.6 is 0 Å². The maximum atomic E-state index is 9.09. The lowest BCUT2D eigenvalue weighted by atomic mass is 10.2. The number of ether oxygens (including phenoxy) is 1. The van der Waals surface area contributed by atoms with Gasteiger partial charge in [-0.1, -0.05) is 13.8 Å². The molecule has 0 bridgehead atoms. The van der Waals surface area contributed by atoms with E-state index in [2.05, 4.69) is 19.2 Å². The van der Waals surface area contributed by atoms with Crippen molar-refractivity contribution in [2.75, 3.05) is 19.8 Å². The van der Waals surface area contributed by atoms with Crippen LogP contribution in [0.3, 0.4) is 0 Å². The van der Waals surface area contributed by atoms with Gasteiger partial charge in [-0.25, -0.2) is 0 Å². The quantitative estimate of drug-likeness (QED) is 0.579. The van der Waals surface area contributed by atoms with E-state index in [1.807, 2.05) is 0 Å². The molecule has 0 aromatic rings. The predicted octanol–water partition coefficient (Wildman–Crippen LogP) is 1.16. The van der Waals surface area contributed by atoms with E-state index in [0.29, 0.717) is 12.0 Å². The van der Waals surface area contributed by atoms with Gasteiger partial charge in [0, 0.05) is 25.3 Å². The molecule has 3 nitrogen and oxygen atoms in total. The minimum atomic E-state index is 0.224. The van der Waals surface area contributed by atoms with E-state index in [4.69, 9.17) is 9.84 Å². The van der Waals surface area contributed by atoms with Crippen molar-refractivity contribution >= 4 is 0 Å². The standard InChI is InChI=1S/C11H23NO2/c1-9(2)8-14-6-5-11(7-13)12-10-3-4-10/h9-13H,3-8H2,1-2H3. The molecule has 1 atom stereocenters. The lowest BCUT2D eigenvalue weighted by Crippen LogP contribution is -2.35. The van der Waals surface area contributed by atoms with Gasteiger partial charge in [-0.05, 0) is 25.2 Å². The first kappa shape index (κ1) is 12.0. The van der Waals surface area contributed by atoms with Crippen molar-refractivity contribution < 1.29 is 9.84 Å².